The number of hydrazine groups is 1. The average molecular weight is 484 g/mol. The van der Waals surface area contributed by atoms with E-state index in [1.807, 2.05) is 12.1 Å². The van der Waals surface area contributed by atoms with Crippen LogP contribution in [0.15, 0.2) is 46.9 Å². The molecule has 2 aromatic rings. The Kier molecular flexibility index (Phi) is 7.93. The van der Waals surface area contributed by atoms with Crippen LogP contribution in [0.2, 0.25) is 5.02 Å². The zero-order valence-electron chi connectivity index (χ0n) is 16.7. The van der Waals surface area contributed by atoms with Crippen molar-refractivity contribution in [2.75, 3.05) is 6.61 Å². The molecular weight excluding hydrogens is 460 g/mol. The predicted molar refractivity (Wildman–Crippen MR) is 116 cm³/mol. The van der Waals surface area contributed by atoms with Gasteiger partial charge in [-0.1, -0.05) is 38.4 Å². The van der Waals surface area contributed by atoms with Gasteiger partial charge in [-0.2, -0.15) is 0 Å². The average Bonchev–Trinajstić information content (AvgIpc) is 2.66. The van der Waals surface area contributed by atoms with Crippen molar-refractivity contribution in [3.05, 3.63) is 57.5 Å². The number of ether oxygens (including phenoxy) is 2. The van der Waals surface area contributed by atoms with Gasteiger partial charge < -0.3 is 9.47 Å². The van der Waals surface area contributed by atoms with Crippen LogP contribution in [0.4, 0.5) is 0 Å². The molecule has 0 aliphatic heterocycles. The van der Waals surface area contributed by atoms with Gasteiger partial charge in [0.05, 0.1) is 4.47 Å². The Labute approximate surface area is 184 Å². The Morgan fingerprint density at radius 1 is 1.10 bits per heavy atom. The molecule has 0 fully saturated rings. The summed E-state index contributed by atoms with van der Waals surface area (Å²) in [6, 6.07) is 12.3. The van der Waals surface area contributed by atoms with Gasteiger partial charge in [-0.3, -0.25) is 20.4 Å². The highest BCUT2D eigenvalue weighted by Gasteiger charge is 2.17. The van der Waals surface area contributed by atoms with Crippen molar-refractivity contribution in [2.24, 2.45) is 0 Å². The topological polar surface area (TPSA) is 76.7 Å². The summed E-state index contributed by atoms with van der Waals surface area (Å²) in [4.78, 5) is 24.0. The summed E-state index contributed by atoms with van der Waals surface area (Å²) < 4.78 is 11.8. The third-order valence-electron chi connectivity index (χ3n) is 3.98. The van der Waals surface area contributed by atoms with Crippen molar-refractivity contribution in [1.82, 2.24) is 10.9 Å². The van der Waals surface area contributed by atoms with Gasteiger partial charge in [-0.05, 0) is 70.2 Å². The fraction of sp³-hybridized carbons (Fsp3) is 0.333. The summed E-state index contributed by atoms with van der Waals surface area (Å²) in [5.41, 5.74) is 5.77. The summed E-state index contributed by atoms with van der Waals surface area (Å²) in [5.74, 6) is 0.0435. The number of rotatable bonds is 6. The van der Waals surface area contributed by atoms with Crippen LogP contribution in [0.5, 0.6) is 11.5 Å². The normalized spacial score (nSPS) is 12.1. The zero-order valence-corrected chi connectivity index (χ0v) is 19.1. The first kappa shape index (κ1) is 23.0. The number of hydrogen-bond acceptors (Lipinski definition) is 4. The molecule has 8 heteroatoms. The van der Waals surface area contributed by atoms with E-state index in [4.69, 9.17) is 21.1 Å². The fourth-order valence-corrected chi connectivity index (χ4v) is 2.89. The minimum Gasteiger partial charge on any atom is -0.483 e. The van der Waals surface area contributed by atoms with E-state index >= 15 is 0 Å². The van der Waals surface area contributed by atoms with Crippen molar-refractivity contribution in [3.8, 4) is 11.5 Å². The number of halogens is 2. The molecule has 2 N–H and O–H groups in total. The summed E-state index contributed by atoms with van der Waals surface area (Å²) >= 11 is 9.27. The third kappa shape index (κ3) is 7.25. The predicted octanol–water partition coefficient (Wildman–Crippen LogP) is 4.39. The van der Waals surface area contributed by atoms with Crippen LogP contribution in [-0.4, -0.2) is 24.5 Å². The van der Waals surface area contributed by atoms with Crippen LogP contribution in [0, 0.1) is 0 Å². The molecule has 0 aliphatic rings. The van der Waals surface area contributed by atoms with Crippen LogP contribution in [0.1, 0.15) is 33.3 Å². The largest absolute Gasteiger partial charge is 0.483 e. The van der Waals surface area contributed by atoms with Crippen LogP contribution in [0.25, 0.3) is 0 Å². The van der Waals surface area contributed by atoms with Gasteiger partial charge in [-0.25, -0.2) is 0 Å². The summed E-state index contributed by atoms with van der Waals surface area (Å²) in [7, 11) is 0. The van der Waals surface area contributed by atoms with Crippen molar-refractivity contribution < 1.29 is 19.1 Å². The van der Waals surface area contributed by atoms with Gasteiger partial charge in [-0.15, -0.1) is 0 Å². The lowest BCUT2D eigenvalue weighted by Crippen LogP contribution is -2.48. The van der Waals surface area contributed by atoms with Gasteiger partial charge in [0.2, 0.25) is 0 Å². The second kappa shape index (κ2) is 9.98. The van der Waals surface area contributed by atoms with Gasteiger partial charge >= 0.3 is 0 Å². The summed E-state index contributed by atoms with van der Waals surface area (Å²) in [5, 5.41) is 0.571. The molecule has 2 rings (SSSR count). The van der Waals surface area contributed by atoms with Gasteiger partial charge in [0, 0.05) is 5.02 Å². The van der Waals surface area contributed by atoms with Crippen LogP contribution in [0.3, 0.4) is 0 Å². The Hall–Kier alpha value is -2.25. The molecule has 0 aliphatic carbocycles. The lowest BCUT2D eigenvalue weighted by molar-refractivity contribution is -0.133. The maximum atomic E-state index is 12.1. The molecular formula is C21H24BrClN2O4. The molecule has 0 bridgehead atoms. The van der Waals surface area contributed by atoms with Crippen LogP contribution < -0.4 is 20.3 Å². The minimum absolute atomic E-state index is 0.00742. The molecule has 1 unspecified atom stereocenters. The van der Waals surface area contributed by atoms with Crippen molar-refractivity contribution >= 4 is 39.3 Å². The van der Waals surface area contributed by atoms with Gasteiger partial charge in [0.1, 0.15) is 11.5 Å². The van der Waals surface area contributed by atoms with E-state index in [0.717, 1.165) is 10.0 Å². The Morgan fingerprint density at radius 3 is 2.34 bits per heavy atom. The van der Waals surface area contributed by atoms with E-state index in [2.05, 4.69) is 47.6 Å². The molecule has 0 heterocycles. The quantitative estimate of drug-likeness (QED) is 0.597. The van der Waals surface area contributed by atoms with Gasteiger partial charge in [0.15, 0.2) is 12.7 Å². The van der Waals surface area contributed by atoms with E-state index in [9.17, 15) is 9.59 Å². The summed E-state index contributed by atoms with van der Waals surface area (Å²) in [6.07, 6.45) is -0.809. The SMILES string of the molecule is CC(Oc1ccc(Cl)cc1)C(=O)NNC(=O)COc1ccc(C(C)(C)C)cc1Br. The smallest absolute Gasteiger partial charge is 0.279 e. The van der Waals surface area contributed by atoms with Gasteiger partial charge in [0.25, 0.3) is 11.8 Å². The van der Waals surface area contributed by atoms with E-state index in [-0.39, 0.29) is 12.0 Å². The van der Waals surface area contributed by atoms with Crippen molar-refractivity contribution in [2.45, 2.75) is 39.2 Å². The Bertz CT molecular complexity index is 866. The standard InChI is InChI=1S/C21H24BrClN2O4/c1-13(29-16-8-6-15(23)7-9-16)20(27)25-24-19(26)12-28-18-10-5-14(11-17(18)22)21(2,3)4/h5-11,13H,12H2,1-4H3,(H,24,26)(H,25,27). The monoisotopic (exact) mass is 482 g/mol. The first-order chi connectivity index (χ1) is 13.6. The maximum absolute atomic E-state index is 12.1. The fourth-order valence-electron chi connectivity index (χ4n) is 2.27. The number of carbonyl (C=O) groups excluding carboxylic acids is 2. The van der Waals surface area contributed by atoms with Crippen LogP contribution >= 0.6 is 27.5 Å². The minimum atomic E-state index is -0.809. The number of nitrogens with one attached hydrogen (secondary N) is 2. The first-order valence-corrected chi connectivity index (χ1v) is 10.2. The first-order valence-electron chi connectivity index (χ1n) is 9.00. The molecule has 1 atom stereocenters. The molecule has 29 heavy (non-hydrogen) atoms. The lowest BCUT2D eigenvalue weighted by Gasteiger charge is -2.20. The molecule has 0 saturated carbocycles. The highest BCUT2D eigenvalue weighted by atomic mass is 79.9. The lowest BCUT2D eigenvalue weighted by atomic mass is 9.87. The number of benzene rings is 2. The molecule has 6 nitrogen and oxygen atoms in total. The number of amides is 2. The molecule has 0 saturated heterocycles. The Morgan fingerprint density at radius 2 is 1.76 bits per heavy atom. The van der Waals surface area contributed by atoms with E-state index < -0.39 is 17.9 Å². The van der Waals surface area contributed by atoms with E-state index in [1.54, 1.807) is 37.3 Å². The summed E-state index contributed by atoms with van der Waals surface area (Å²) in [6.45, 7) is 7.66. The Balaban J connectivity index is 1.79. The second-order valence-corrected chi connectivity index (χ2v) is 8.73. The second-order valence-electron chi connectivity index (χ2n) is 7.44. The molecule has 0 radical (unpaired) electrons. The molecule has 0 spiro atoms. The molecule has 2 aromatic carbocycles. The van der Waals surface area contributed by atoms with Crippen LogP contribution in [-0.2, 0) is 15.0 Å². The molecule has 156 valence electrons. The molecule has 0 aromatic heterocycles. The van der Waals surface area contributed by atoms with E-state index in [0.29, 0.717) is 16.5 Å². The number of carbonyl (C=O) groups is 2. The number of hydrogen-bond donors (Lipinski definition) is 2. The third-order valence-corrected chi connectivity index (χ3v) is 4.85. The highest BCUT2D eigenvalue weighted by Crippen LogP contribution is 2.31. The van der Waals surface area contributed by atoms with Crippen molar-refractivity contribution in [3.63, 3.8) is 0 Å². The maximum Gasteiger partial charge on any atom is 0.279 e. The van der Waals surface area contributed by atoms with Crippen molar-refractivity contribution in [1.29, 1.82) is 0 Å². The van der Waals surface area contributed by atoms with E-state index in [1.165, 1.54) is 0 Å². The zero-order chi connectivity index (χ0) is 21.6. The molecule has 2 amide bonds. The highest BCUT2D eigenvalue weighted by molar-refractivity contribution is 9.10.